The average Bonchev–Trinajstić information content (AvgIpc) is 2.10. The number of nitrogen functional groups attached to an aromatic ring is 1. The Balaban J connectivity index is 3.15. The molecule has 0 aliphatic heterocycles. The maximum absolute atomic E-state index is 7.13. The standard InChI is InChI=1S/C7H11N3/c1-5-3-6(2)10(4-5)7(8)9/h3-4H,1-2H3,(H3,8,9). The van der Waals surface area contributed by atoms with Gasteiger partial charge in [-0.3, -0.25) is 9.98 Å². The van der Waals surface area contributed by atoms with Crippen molar-refractivity contribution in [3.8, 4) is 0 Å². The van der Waals surface area contributed by atoms with Gasteiger partial charge in [0.25, 0.3) is 0 Å². The molecule has 0 radical (unpaired) electrons. The summed E-state index contributed by atoms with van der Waals surface area (Å²) in [6.07, 6.45) is 1.84. The molecular formula is C7H11N3. The molecule has 1 heterocycles. The summed E-state index contributed by atoms with van der Waals surface area (Å²) in [6, 6.07) is 1.99. The van der Waals surface area contributed by atoms with Crippen LogP contribution >= 0.6 is 0 Å². The van der Waals surface area contributed by atoms with Crippen LogP contribution < -0.4 is 5.73 Å². The fourth-order valence-corrected chi connectivity index (χ4v) is 1.00. The van der Waals surface area contributed by atoms with Crippen LogP contribution in [-0.2, 0) is 0 Å². The summed E-state index contributed by atoms with van der Waals surface area (Å²) >= 11 is 0. The third-order valence-electron chi connectivity index (χ3n) is 1.41. The van der Waals surface area contributed by atoms with Gasteiger partial charge in [0.1, 0.15) is 0 Å². The van der Waals surface area contributed by atoms with Gasteiger partial charge in [-0.1, -0.05) is 0 Å². The van der Waals surface area contributed by atoms with Crippen LogP contribution in [0.1, 0.15) is 11.3 Å². The summed E-state index contributed by atoms with van der Waals surface area (Å²) in [5, 5.41) is 7.13. The number of nitrogens with zero attached hydrogens (tertiary/aromatic N) is 1. The van der Waals surface area contributed by atoms with Crippen molar-refractivity contribution < 1.29 is 0 Å². The van der Waals surface area contributed by atoms with Crippen molar-refractivity contribution in [2.45, 2.75) is 13.8 Å². The summed E-state index contributed by atoms with van der Waals surface area (Å²) in [5.41, 5.74) is 7.41. The predicted octanol–water partition coefficient (Wildman–Crippen LogP) is 0.847. The van der Waals surface area contributed by atoms with Crippen LogP contribution in [-0.4, -0.2) is 10.5 Å². The van der Waals surface area contributed by atoms with Gasteiger partial charge in [-0.15, -0.1) is 0 Å². The molecule has 3 nitrogen and oxygen atoms in total. The molecule has 0 atom stereocenters. The largest absolute Gasteiger partial charge is 0.369 e. The van der Waals surface area contributed by atoms with Crippen molar-refractivity contribution in [1.29, 1.82) is 5.41 Å². The molecule has 0 amide bonds. The minimum absolute atomic E-state index is 0.0746. The van der Waals surface area contributed by atoms with Crippen molar-refractivity contribution in [2.24, 2.45) is 5.73 Å². The fourth-order valence-electron chi connectivity index (χ4n) is 1.00. The second-order valence-corrected chi connectivity index (χ2v) is 2.41. The lowest BCUT2D eigenvalue weighted by Crippen LogP contribution is -2.20. The van der Waals surface area contributed by atoms with Gasteiger partial charge in [-0.2, -0.15) is 0 Å². The van der Waals surface area contributed by atoms with Crippen LogP contribution in [0, 0.1) is 19.3 Å². The van der Waals surface area contributed by atoms with Crippen molar-refractivity contribution in [3.05, 3.63) is 23.5 Å². The van der Waals surface area contributed by atoms with Crippen molar-refractivity contribution in [1.82, 2.24) is 4.57 Å². The minimum atomic E-state index is 0.0746. The topological polar surface area (TPSA) is 54.8 Å². The van der Waals surface area contributed by atoms with E-state index in [4.69, 9.17) is 11.1 Å². The Morgan fingerprint density at radius 1 is 1.60 bits per heavy atom. The molecular weight excluding hydrogens is 126 g/mol. The molecule has 1 aromatic heterocycles. The number of aryl methyl sites for hydroxylation is 2. The summed E-state index contributed by atoms with van der Waals surface area (Å²) in [4.78, 5) is 0. The van der Waals surface area contributed by atoms with Crippen LogP contribution in [0.25, 0.3) is 0 Å². The maximum Gasteiger partial charge on any atom is 0.196 e. The van der Waals surface area contributed by atoms with E-state index >= 15 is 0 Å². The highest BCUT2D eigenvalue weighted by atomic mass is 15.1. The molecule has 0 aliphatic carbocycles. The minimum Gasteiger partial charge on any atom is -0.369 e. The average molecular weight is 137 g/mol. The number of nitrogens with one attached hydrogen (secondary N) is 1. The van der Waals surface area contributed by atoms with E-state index in [2.05, 4.69) is 0 Å². The highest BCUT2D eigenvalue weighted by molar-refractivity contribution is 5.78. The lowest BCUT2D eigenvalue weighted by Gasteiger charge is -1.99. The highest BCUT2D eigenvalue weighted by Gasteiger charge is 1.98. The van der Waals surface area contributed by atoms with Gasteiger partial charge in [-0.25, -0.2) is 0 Å². The Kier molecular flexibility index (Phi) is 1.49. The SMILES string of the molecule is Cc1cc(C)n(C(=N)N)c1. The molecule has 0 unspecified atom stereocenters. The molecule has 1 rings (SSSR count). The van der Waals surface area contributed by atoms with Crippen LogP contribution in [0.4, 0.5) is 0 Å². The third kappa shape index (κ3) is 1.03. The summed E-state index contributed by atoms with van der Waals surface area (Å²) in [6.45, 7) is 3.90. The van der Waals surface area contributed by atoms with E-state index < -0.39 is 0 Å². The van der Waals surface area contributed by atoms with Crippen molar-refractivity contribution >= 4 is 5.96 Å². The van der Waals surface area contributed by atoms with E-state index in [-0.39, 0.29) is 5.96 Å². The number of rotatable bonds is 0. The number of aromatic nitrogens is 1. The number of nitrogens with two attached hydrogens (primary N) is 1. The van der Waals surface area contributed by atoms with Gasteiger partial charge >= 0.3 is 0 Å². The van der Waals surface area contributed by atoms with E-state index in [1.54, 1.807) is 4.57 Å². The predicted molar refractivity (Wildman–Crippen MR) is 41.2 cm³/mol. The van der Waals surface area contributed by atoms with E-state index in [0.29, 0.717) is 0 Å². The number of hydrogen-bond acceptors (Lipinski definition) is 1. The fraction of sp³-hybridized carbons (Fsp3) is 0.286. The third-order valence-corrected chi connectivity index (χ3v) is 1.41. The van der Waals surface area contributed by atoms with Gasteiger partial charge < -0.3 is 5.73 Å². The molecule has 0 aromatic carbocycles. The maximum atomic E-state index is 7.13. The lowest BCUT2D eigenvalue weighted by molar-refractivity contribution is 1.04. The Morgan fingerprint density at radius 2 is 2.20 bits per heavy atom. The molecule has 54 valence electrons. The molecule has 3 heteroatoms. The van der Waals surface area contributed by atoms with E-state index in [1.165, 1.54) is 0 Å². The van der Waals surface area contributed by atoms with Crippen LogP contribution in [0.2, 0.25) is 0 Å². The van der Waals surface area contributed by atoms with E-state index in [0.717, 1.165) is 11.3 Å². The Morgan fingerprint density at radius 3 is 2.40 bits per heavy atom. The molecule has 0 saturated carbocycles. The molecule has 1 aromatic rings. The van der Waals surface area contributed by atoms with Crippen molar-refractivity contribution in [2.75, 3.05) is 0 Å². The molecule has 0 fully saturated rings. The Hall–Kier alpha value is -1.25. The van der Waals surface area contributed by atoms with E-state index in [9.17, 15) is 0 Å². The first-order valence-electron chi connectivity index (χ1n) is 3.11. The zero-order valence-electron chi connectivity index (χ0n) is 6.18. The van der Waals surface area contributed by atoms with E-state index in [1.807, 2.05) is 26.1 Å². The monoisotopic (exact) mass is 137 g/mol. The molecule has 3 N–H and O–H groups in total. The molecule has 0 bridgehead atoms. The first kappa shape index (κ1) is 6.86. The highest BCUT2D eigenvalue weighted by Crippen LogP contribution is 2.03. The van der Waals surface area contributed by atoms with Crippen LogP contribution in [0.3, 0.4) is 0 Å². The first-order valence-corrected chi connectivity index (χ1v) is 3.11. The molecule has 0 aliphatic rings. The van der Waals surface area contributed by atoms with Crippen molar-refractivity contribution in [3.63, 3.8) is 0 Å². The summed E-state index contributed by atoms with van der Waals surface area (Å²) < 4.78 is 1.65. The smallest absolute Gasteiger partial charge is 0.196 e. The zero-order chi connectivity index (χ0) is 7.72. The molecule has 0 saturated heterocycles. The molecule has 10 heavy (non-hydrogen) atoms. The van der Waals surface area contributed by atoms with Gasteiger partial charge in [0.15, 0.2) is 5.96 Å². The van der Waals surface area contributed by atoms with Crippen LogP contribution in [0.15, 0.2) is 12.3 Å². The summed E-state index contributed by atoms with van der Waals surface area (Å²) in [5.74, 6) is 0.0746. The second kappa shape index (κ2) is 2.17. The lowest BCUT2D eigenvalue weighted by atomic mass is 10.4. The second-order valence-electron chi connectivity index (χ2n) is 2.41. The zero-order valence-corrected chi connectivity index (χ0v) is 6.18. The number of hydrogen-bond donors (Lipinski definition) is 2. The Labute approximate surface area is 60.0 Å². The van der Waals surface area contributed by atoms with Gasteiger partial charge in [-0.05, 0) is 25.5 Å². The summed E-state index contributed by atoms with van der Waals surface area (Å²) in [7, 11) is 0. The van der Waals surface area contributed by atoms with Gasteiger partial charge in [0.05, 0.1) is 0 Å². The van der Waals surface area contributed by atoms with Crippen LogP contribution in [0.5, 0.6) is 0 Å². The Bertz CT molecular complexity index is 260. The first-order chi connectivity index (χ1) is 4.61. The molecule has 0 spiro atoms. The quantitative estimate of drug-likeness (QED) is 0.404. The van der Waals surface area contributed by atoms with Gasteiger partial charge in [0, 0.05) is 11.9 Å². The van der Waals surface area contributed by atoms with Gasteiger partial charge in [0.2, 0.25) is 0 Å². The normalized spacial score (nSPS) is 9.80.